The number of hydrogen-bond acceptors (Lipinski definition) is 1. The summed E-state index contributed by atoms with van der Waals surface area (Å²) < 4.78 is 0. The maximum absolute atomic E-state index is 6.26. The minimum absolute atomic E-state index is 0.217. The second kappa shape index (κ2) is 8.18. The van der Waals surface area contributed by atoms with Crippen LogP contribution < -0.4 is 5.32 Å². The molecule has 2 aromatic carbocycles. The minimum Gasteiger partial charge on any atom is -0.312 e. The minimum atomic E-state index is 0.217. The molecule has 2 aromatic rings. The summed E-state index contributed by atoms with van der Waals surface area (Å²) >= 11 is 6.26. The molecule has 0 spiro atoms. The van der Waals surface area contributed by atoms with Crippen molar-refractivity contribution in [2.45, 2.75) is 58.9 Å². The van der Waals surface area contributed by atoms with Gasteiger partial charge < -0.3 is 5.32 Å². The van der Waals surface area contributed by atoms with Gasteiger partial charge >= 0.3 is 0 Å². The molecule has 130 valence electrons. The molecule has 0 fully saturated rings. The van der Waals surface area contributed by atoms with E-state index in [0.29, 0.717) is 5.92 Å². The van der Waals surface area contributed by atoms with Crippen molar-refractivity contribution in [2.75, 3.05) is 6.54 Å². The van der Waals surface area contributed by atoms with E-state index in [1.54, 1.807) is 0 Å². The highest BCUT2D eigenvalue weighted by Gasteiger charge is 2.12. The van der Waals surface area contributed by atoms with E-state index < -0.39 is 0 Å². The van der Waals surface area contributed by atoms with Gasteiger partial charge in [-0.15, -0.1) is 0 Å². The number of hydrogen-bond donors (Lipinski definition) is 1. The van der Waals surface area contributed by atoms with Gasteiger partial charge in [-0.05, 0) is 52.6 Å². The Labute approximate surface area is 152 Å². The number of benzene rings is 2. The van der Waals surface area contributed by atoms with Gasteiger partial charge in [0.05, 0.1) is 0 Å². The van der Waals surface area contributed by atoms with Crippen LogP contribution in [0.15, 0.2) is 42.5 Å². The van der Waals surface area contributed by atoms with E-state index in [-0.39, 0.29) is 5.41 Å². The molecule has 1 N–H and O–H groups in total. The fourth-order valence-corrected chi connectivity index (χ4v) is 3.11. The summed E-state index contributed by atoms with van der Waals surface area (Å²) in [6.07, 6.45) is 1.02. The molecule has 0 aliphatic rings. The van der Waals surface area contributed by atoms with Crippen molar-refractivity contribution in [3.63, 3.8) is 0 Å². The molecule has 0 saturated heterocycles. The predicted molar refractivity (Wildman–Crippen MR) is 106 cm³/mol. The zero-order valence-electron chi connectivity index (χ0n) is 15.6. The summed E-state index contributed by atoms with van der Waals surface area (Å²) in [5.74, 6) is 0.465. The van der Waals surface area contributed by atoms with Crippen LogP contribution in [0.1, 0.15) is 62.8 Å². The van der Waals surface area contributed by atoms with E-state index in [0.717, 1.165) is 24.5 Å². The molecule has 0 aromatic heterocycles. The third-order valence-electron chi connectivity index (χ3n) is 4.42. The molecule has 0 aliphatic heterocycles. The second-order valence-electron chi connectivity index (χ2n) is 7.88. The highest BCUT2D eigenvalue weighted by Crippen LogP contribution is 2.25. The third-order valence-corrected chi connectivity index (χ3v) is 4.77. The third kappa shape index (κ3) is 5.36. The first-order chi connectivity index (χ1) is 11.3. The van der Waals surface area contributed by atoms with Crippen molar-refractivity contribution in [3.8, 4) is 0 Å². The van der Waals surface area contributed by atoms with E-state index in [9.17, 15) is 0 Å². The van der Waals surface area contributed by atoms with Gasteiger partial charge in [0.2, 0.25) is 0 Å². The smallest absolute Gasteiger partial charge is 0.0440 e. The zero-order chi connectivity index (χ0) is 17.7. The van der Waals surface area contributed by atoms with E-state index in [1.807, 2.05) is 6.07 Å². The molecule has 0 atom stereocenters. The van der Waals surface area contributed by atoms with Crippen LogP contribution in [-0.4, -0.2) is 6.54 Å². The Hall–Kier alpha value is -1.31. The molecule has 0 saturated carbocycles. The van der Waals surface area contributed by atoms with Crippen molar-refractivity contribution in [2.24, 2.45) is 0 Å². The lowest BCUT2D eigenvalue weighted by atomic mass is 9.87. The maximum atomic E-state index is 6.26. The lowest BCUT2D eigenvalue weighted by Crippen LogP contribution is -2.17. The van der Waals surface area contributed by atoms with Gasteiger partial charge in [-0.3, -0.25) is 0 Å². The maximum Gasteiger partial charge on any atom is 0.0440 e. The molecule has 24 heavy (non-hydrogen) atoms. The van der Waals surface area contributed by atoms with Gasteiger partial charge in [0.25, 0.3) is 0 Å². The number of rotatable bonds is 6. The van der Waals surface area contributed by atoms with Gasteiger partial charge in [-0.1, -0.05) is 82.6 Å². The van der Waals surface area contributed by atoms with Gasteiger partial charge in [0.15, 0.2) is 0 Å². The molecule has 0 amide bonds. The lowest BCUT2D eigenvalue weighted by molar-refractivity contribution is 0.589. The first-order valence-corrected chi connectivity index (χ1v) is 9.23. The van der Waals surface area contributed by atoms with Crippen LogP contribution in [-0.2, 0) is 18.4 Å². The van der Waals surface area contributed by atoms with Crippen LogP contribution in [0.2, 0.25) is 5.02 Å². The largest absolute Gasteiger partial charge is 0.312 e. The Kier molecular flexibility index (Phi) is 6.48. The summed E-state index contributed by atoms with van der Waals surface area (Å²) in [6, 6.07) is 15.3. The standard InChI is InChI=1S/C22H30ClN/c1-16(2)20-14-17(8-11-21(20)23)12-13-24-15-18-6-9-19(10-7-18)22(3,4)5/h6-11,14,16,24H,12-13,15H2,1-5H3. The van der Waals surface area contributed by atoms with Gasteiger partial charge in [0, 0.05) is 11.6 Å². The molecular formula is C22H30ClN. The summed E-state index contributed by atoms with van der Waals surface area (Å²) in [6.45, 7) is 13.0. The molecule has 0 heterocycles. The van der Waals surface area contributed by atoms with E-state index >= 15 is 0 Å². The Morgan fingerprint density at radius 2 is 1.58 bits per heavy atom. The monoisotopic (exact) mass is 343 g/mol. The van der Waals surface area contributed by atoms with Crippen LogP contribution in [0.4, 0.5) is 0 Å². The number of nitrogens with one attached hydrogen (secondary N) is 1. The average Bonchev–Trinajstić information content (AvgIpc) is 2.52. The van der Waals surface area contributed by atoms with E-state index in [2.05, 4.69) is 76.3 Å². The van der Waals surface area contributed by atoms with Crippen LogP contribution in [0.25, 0.3) is 0 Å². The van der Waals surface area contributed by atoms with E-state index in [4.69, 9.17) is 11.6 Å². The molecule has 0 unspecified atom stereocenters. The van der Waals surface area contributed by atoms with Crippen LogP contribution in [0, 0.1) is 0 Å². The topological polar surface area (TPSA) is 12.0 Å². The van der Waals surface area contributed by atoms with Crippen LogP contribution >= 0.6 is 11.6 Å². The second-order valence-corrected chi connectivity index (χ2v) is 8.29. The SMILES string of the molecule is CC(C)c1cc(CCNCc2ccc(C(C)(C)C)cc2)ccc1Cl. The van der Waals surface area contributed by atoms with Crippen molar-refractivity contribution < 1.29 is 0 Å². The quantitative estimate of drug-likeness (QED) is 0.625. The average molecular weight is 344 g/mol. The molecule has 0 bridgehead atoms. The zero-order valence-corrected chi connectivity index (χ0v) is 16.4. The molecule has 0 aliphatic carbocycles. The Morgan fingerprint density at radius 3 is 2.17 bits per heavy atom. The summed E-state index contributed by atoms with van der Waals surface area (Å²) in [5.41, 5.74) is 5.52. The first-order valence-electron chi connectivity index (χ1n) is 8.86. The van der Waals surface area contributed by atoms with Crippen molar-refractivity contribution in [1.29, 1.82) is 0 Å². The normalized spacial score (nSPS) is 12.0. The fraction of sp³-hybridized carbons (Fsp3) is 0.455. The van der Waals surface area contributed by atoms with Crippen molar-refractivity contribution in [1.82, 2.24) is 5.32 Å². The molecule has 2 heteroatoms. The number of halogens is 1. The van der Waals surface area contributed by atoms with Gasteiger partial charge in [-0.25, -0.2) is 0 Å². The van der Waals surface area contributed by atoms with Crippen molar-refractivity contribution >= 4 is 11.6 Å². The van der Waals surface area contributed by atoms with Gasteiger partial charge in [-0.2, -0.15) is 0 Å². The summed E-state index contributed by atoms with van der Waals surface area (Å²) in [5, 5.41) is 4.41. The van der Waals surface area contributed by atoms with Crippen LogP contribution in [0.3, 0.4) is 0 Å². The van der Waals surface area contributed by atoms with E-state index in [1.165, 1.54) is 22.3 Å². The van der Waals surface area contributed by atoms with Crippen LogP contribution in [0.5, 0.6) is 0 Å². The van der Waals surface area contributed by atoms with Gasteiger partial charge in [0.1, 0.15) is 0 Å². The summed E-state index contributed by atoms with van der Waals surface area (Å²) in [7, 11) is 0. The Balaban J connectivity index is 1.84. The van der Waals surface area contributed by atoms with Crippen molar-refractivity contribution in [3.05, 3.63) is 69.7 Å². The molecule has 1 nitrogen and oxygen atoms in total. The highest BCUT2D eigenvalue weighted by atomic mass is 35.5. The first kappa shape index (κ1) is 19.0. The molecule has 0 radical (unpaired) electrons. The molecular weight excluding hydrogens is 314 g/mol. The Bertz CT molecular complexity index is 651. The fourth-order valence-electron chi connectivity index (χ4n) is 2.78. The highest BCUT2D eigenvalue weighted by molar-refractivity contribution is 6.31. The molecule has 2 rings (SSSR count). The predicted octanol–water partition coefficient (Wildman–Crippen LogP) is 6.09. The lowest BCUT2D eigenvalue weighted by Gasteiger charge is -2.19. The summed E-state index contributed by atoms with van der Waals surface area (Å²) in [4.78, 5) is 0. The Morgan fingerprint density at radius 1 is 0.958 bits per heavy atom.